The number of rotatable bonds is 1. The van der Waals surface area contributed by atoms with Crippen molar-refractivity contribution in [2.45, 2.75) is 19.0 Å². The monoisotopic (exact) mass is 215 g/mol. The quantitative estimate of drug-likeness (QED) is 0.759. The fraction of sp³-hybridized carbons (Fsp3) is 0.455. The molecule has 0 bridgehead atoms. The minimum Gasteiger partial charge on any atom is -0.315 e. The second-order valence-corrected chi connectivity index (χ2v) is 3.92. The fourth-order valence-corrected chi connectivity index (χ4v) is 1.82. The van der Waals surface area contributed by atoms with Gasteiger partial charge in [-0.05, 0) is 30.2 Å². The standard InChI is InChI=1S/C11H12F3N/c1-7-4-9(11(12,13)14)2-3-10(7)8-5-15-6-8/h2-4,8,15H,5-6H2,1H3. The summed E-state index contributed by atoms with van der Waals surface area (Å²) in [6.45, 7) is 3.47. The molecule has 1 aromatic rings. The van der Waals surface area contributed by atoms with Gasteiger partial charge < -0.3 is 5.32 Å². The largest absolute Gasteiger partial charge is 0.416 e. The van der Waals surface area contributed by atoms with E-state index in [4.69, 9.17) is 0 Å². The lowest BCUT2D eigenvalue weighted by atomic mass is 9.89. The Balaban J connectivity index is 2.30. The summed E-state index contributed by atoms with van der Waals surface area (Å²) in [7, 11) is 0. The first-order chi connectivity index (χ1) is 6.98. The van der Waals surface area contributed by atoms with E-state index >= 15 is 0 Å². The van der Waals surface area contributed by atoms with Gasteiger partial charge >= 0.3 is 6.18 Å². The first-order valence-electron chi connectivity index (χ1n) is 4.87. The molecule has 0 atom stereocenters. The second kappa shape index (κ2) is 3.52. The van der Waals surface area contributed by atoms with E-state index in [1.165, 1.54) is 12.1 Å². The third-order valence-electron chi connectivity index (χ3n) is 2.82. The molecule has 0 spiro atoms. The lowest BCUT2D eigenvalue weighted by molar-refractivity contribution is -0.137. The molecule has 0 aliphatic carbocycles. The minimum atomic E-state index is -4.23. The Morgan fingerprint density at radius 3 is 2.33 bits per heavy atom. The van der Waals surface area contributed by atoms with Gasteiger partial charge in [-0.15, -0.1) is 0 Å². The number of benzene rings is 1. The number of aryl methyl sites for hydroxylation is 1. The van der Waals surface area contributed by atoms with Crippen LogP contribution in [0.2, 0.25) is 0 Å². The molecule has 1 heterocycles. The summed E-state index contributed by atoms with van der Waals surface area (Å²) in [4.78, 5) is 0. The second-order valence-electron chi connectivity index (χ2n) is 3.92. The highest BCUT2D eigenvalue weighted by Crippen LogP contribution is 2.32. The van der Waals surface area contributed by atoms with Gasteiger partial charge in [0.2, 0.25) is 0 Å². The van der Waals surface area contributed by atoms with Crippen LogP contribution in [0.25, 0.3) is 0 Å². The Kier molecular flexibility index (Phi) is 2.46. The Morgan fingerprint density at radius 1 is 1.27 bits per heavy atom. The molecule has 15 heavy (non-hydrogen) atoms. The summed E-state index contributed by atoms with van der Waals surface area (Å²) in [6, 6.07) is 4.00. The third kappa shape index (κ3) is 2.00. The predicted octanol–water partition coefficient (Wildman–Crippen LogP) is 2.70. The number of nitrogens with one attached hydrogen (secondary N) is 1. The molecule has 82 valence electrons. The van der Waals surface area contributed by atoms with Crippen molar-refractivity contribution >= 4 is 0 Å². The van der Waals surface area contributed by atoms with E-state index in [1.807, 2.05) is 0 Å². The summed E-state index contributed by atoms with van der Waals surface area (Å²) in [5.41, 5.74) is 1.20. The highest BCUT2D eigenvalue weighted by molar-refractivity contribution is 5.36. The maximum absolute atomic E-state index is 12.4. The van der Waals surface area contributed by atoms with Gasteiger partial charge in [0.15, 0.2) is 0 Å². The van der Waals surface area contributed by atoms with Crippen LogP contribution in [-0.2, 0) is 6.18 Å². The van der Waals surface area contributed by atoms with Crippen LogP contribution in [0, 0.1) is 6.92 Å². The molecule has 1 N–H and O–H groups in total. The van der Waals surface area contributed by atoms with Crippen molar-refractivity contribution < 1.29 is 13.2 Å². The summed E-state index contributed by atoms with van der Waals surface area (Å²) in [5.74, 6) is 0.382. The highest BCUT2D eigenvalue weighted by atomic mass is 19.4. The van der Waals surface area contributed by atoms with Gasteiger partial charge in [-0.2, -0.15) is 13.2 Å². The first-order valence-corrected chi connectivity index (χ1v) is 4.87. The molecule has 1 aromatic carbocycles. The first kappa shape index (κ1) is 10.5. The summed E-state index contributed by atoms with van der Waals surface area (Å²) in [5, 5.41) is 3.11. The van der Waals surface area contributed by atoms with E-state index in [-0.39, 0.29) is 0 Å². The van der Waals surface area contributed by atoms with Crippen molar-refractivity contribution in [2.75, 3.05) is 13.1 Å². The topological polar surface area (TPSA) is 12.0 Å². The normalized spacial score (nSPS) is 17.6. The van der Waals surface area contributed by atoms with Crippen molar-refractivity contribution in [3.8, 4) is 0 Å². The van der Waals surface area contributed by atoms with Crippen molar-refractivity contribution in [1.82, 2.24) is 5.32 Å². The fourth-order valence-electron chi connectivity index (χ4n) is 1.82. The molecule has 1 saturated heterocycles. The van der Waals surface area contributed by atoms with Crippen molar-refractivity contribution in [2.24, 2.45) is 0 Å². The average molecular weight is 215 g/mol. The van der Waals surface area contributed by atoms with Crippen LogP contribution in [0.5, 0.6) is 0 Å². The van der Waals surface area contributed by atoms with Crippen LogP contribution in [0.15, 0.2) is 18.2 Å². The van der Waals surface area contributed by atoms with E-state index in [9.17, 15) is 13.2 Å². The summed E-state index contributed by atoms with van der Waals surface area (Å²) in [6.07, 6.45) is -4.23. The van der Waals surface area contributed by atoms with Crippen LogP contribution in [-0.4, -0.2) is 13.1 Å². The van der Waals surface area contributed by atoms with E-state index in [1.54, 1.807) is 13.0 Å². The zero-order valence-corrected chi connectivity index (χ0v) is 8.36. The molecule has 0 saturated carbocycles. The molecule has 0 unspecified atom stereocenters. The van der Waals surface area contributed by atoms with Gasteiger partial charge in [0.1, 0.15) is 0 Å². The Labute approximate surface area is 86.3 Å². The maximum atomic E-state index is 12.4. The van der Waals surface area contributed by atoms with Crippen LogP contribution < -0.4 is 5.32 Å². The van der Waals surface area contributed by atoms with E-state index in [0.717, 1.165) is 24.2 Å². The molecule has 1 aliphatic rings. The number of halogens is 3. The lowest BCUT2D eigenvalue weighted by Crippen LogP contribution is -2.40. The molecule has 1 aliphatic heterocycles. The zero-order valence-electron chi connectivity index (χ0n) is 8.36. The zero-order chi connectivity index (χ0) is 11.1. The molecule has 2 rings (SSSR count). The number of hydrogen-bond donors (Lipinski definition) is 1. The molecular formula is C11H12F3N. The number of hydrogen-bond acceptors (Lipinski definition) is 1. The third-order valence-corrected chi connectivity index (χ3v) is 2.82. The van der Waals surface area contributed by atoms with Crippen LogP contribution in [0.4, 0.5) is 13.2 Å². The molecule has 1 nitrogen and oxygen atoms in total. The Hall–Kier alpha value is -1.03. The van der Waals surface area contributed by atoms with Gasteiger partial charge in [-0.3, -0.25) is 0 Å². The molecule has 4 heteroatoms. The maximum Gasteiger partial charge on any atom is 0.416 e. The molecule has 0 aromatic heterocycles. The van der Waals surface area contributed by atoms with Gasteiger partial charge in [0.25, 0.3) is 0 Å². The Bertz CT molecular complexity index is 367. The van der Waals surface area contributed by atoms with E-state index in [2.05, 4.69) is 5.32 Å². The molecular weight excluding hydrogens is 203 g/mol. The van der Waals surface area contributed by atoms with E-state index < -0.39 is 11.7 Å². The van der Waals surface area contributed by atoms with Gasteiger partial charge in [0, 0.05) is 19.0 Å². The van der Waals surface area contributed by atoms with Gasteiger partial charge in [-0.25, -0.2) is 0 Å². The molecule has 0 amide bonds. The summed E-state index contributed by atoms with van der Waals surface area (Å²) < 4.78 is 37.2. The van der Waals surface area contributed by atoms with Crippen molar-refractivity contribution in [3.63, 3.8) is 0 Å². The smallest absolute Gasteiger partial charge is 0.315 e. The van der Waals surface area contributed by atoms with Crippen molar-refractivity contribution in [3.05, 3.63) is 34.9 Å². The average Bonchev–Trinajstić information content (AvgIpc) is 2.03. The SMILES string of the molecule is Cc1cc(C(F)(F)F)ccc1C1CNC1. The minimum absolute atomic E-state index is 0.382. The van der Waals surface area contributed by atoms with E-state index in [0.29, 0.717) is 5.92 Å². The predicted molar refractivity (Wildman–Crippen MR) is 51.8 cm³/mol. The van der Waals surface area contributed by atoms with Crippen LogP contribution in [0.1, 0.15) is 22.6 Å². The van der Waals surface area contributed by atoms with Crippen LogP contribution >= 0.6 is 0 Å². The van der Waals surface area contributed by atoms with Gasteiger partial charge in [-0.1, -0.05) is 6.07 Å². The molecule has 0 radical (unpaired) electrons. The summed E-state index contributed by atoms with van der Waals surface area (Å²) >= 11 is 0. The highest BCUT2D eigenvalue weighted by Gasteiger charge is 2.31. The van der Waals surface area contributed by atoms with Crippen LogP contribution in [0.3, 0.4) is 0 Å². The Morgan fingerprint density at radius 2 is 1.93 bits per heavy atom. The van der Waals surface area contributed by atoms with Crippen molar-refractivity contribution in [1.29, 1.82) is 0 Å². The van der Waals surface area contributed by atoms with Gasteiger partial charge in [0.05, 0.1) is 5.56 Å². The number of alkyl halides is 3. The molecule has 1 fully saturated rings. The lowest BCUT2D eigenvalue weighted by Gasteiger charge is -2.29.